The van der Waals surface area contributed by atoms with Crippen LogP contribution in [-0.2, 0) is 0 Å². The van der Waals surface area contributed by atoms with E-state index in [0.717, 1.165) is 11.1 Å². The average Bonchev–Trinajstić information content (AvgIpc) is 2.32. The number of aryl methyl sites for hydroxylation is 2. The Morgan fingerprint density at radius 2 is 1.84 bits per heavy atom. The van der Waals surface area contributed by atoms with Crippen LogP contribution in [0.25, 0.3) is 0 Å². The van der Waals surface area contributed by atoms with Crippen molar-refractivity contribution in [1.82, 2.24) is 9.97 Å². The van der Waals surface area contributed by atoms with Crippen LogP contribution < -0.4 is 10.5 Å². The topological polar surface area (TPSA) is 84.8 Å². The molecule has 2 N–H and O–H groups in total. The summed E-state index contributed by atoms with van der Waals surface area (Å²) < 4.78 is 5.68. The van der Waals surface area contributed by atoms with E-state index in [-0.39, 0.29) is 17.0 Å². The molecule has 1 aromatic heterocycles. The minimum atomic E-state index is 0.0476. The van der Waals surface area contributed by atoms with Gasteiger partial charge in [0.2, 0.25) is 11.8 Å². The zero-order chi connectivity index (χ0) is 14.0. The van der Waals surface area contributed by atoms with E-state index in [1.807, 2.05) is 13.8 Å². The van der Waals surface area contributed by atoms with E-state index < -0.39 is 0 Å². The van der Waals surface area contributed by atoms with Gasteiger partial charge in [0, 0.05) is 6.07 Å². The first kappa shape index (κ1) is 13.1. The number of nitrogen functional groups attached to an aromatic ring is 1. The number of rotatable bonds is 2. The normalized spacial score (nSPS) is 10.0. The summed E-state index contributed by atoms with van der Waals surface area (Å²) in [6.45, 7) is 3.71. The third-order valence-electron chi connectivity index (χ3n) is 2.48. The molecular weight excluding hydrogens is 264 g/mol. The highest BCUT2D eigenvalue weighted by Gasteiger charge is 2.10. The van der Waals surface area contributed by atoms with Crippen LogP contribution in [0.5, 0.6) is 11.6 Å². The molecule has 6 heteroatoms. The lowest BCUT2D eigenvalue weighted by Crippen LogP contribution is -1.99. The highest BCUT2D eigenvalue weighted by Crippen LogP contribution is 2.29. The molecule has 0 bridgehead atoms. The lowest BCUT2D eigenvalue weighted by atomic mass is 10.1. The van der Waals surface area contributed by atoms with Crippen molar-refractivity contribution in [3.63, 3.8) is 0 Å². The van der Waals surface area contributed by atoms with Crippen molar-refractivity contribution in [2.24, 2.45) is 0 Å². The van der Waals surface area contributed by atoms with Crippen LogP contribution in [0.4, 0.5) is 5.95 Å². The molecule has 0 spiro atoms. The van der Waals surface area contributed by atoms with Crippen LogP contribution in [0.2, 0.25) is 5.15 Å². The average molecular weight is 275 g/mol. The van der Waals surface area contributed by atoms with Crippen LogP contribution >= 0.6 is 11.6 Å². The number of nitrogens with two attached hydrogens (primary N) is 1. The highest BCUT2D eigenvalue weighted by molar-refractivity contribution is 6.29. The van der Waals surface area contributed by atoms with Gasteiger partial charge in [0.1, 0.15) is 10.9 Å². The van der Waals surface area contributed by atoms with Gasteiger partial charge in [0.15, 0.2) is 0 Å². The molecule has 5 nitrogen and oxygen atoms in total. The molecule has 96 valence electrons. The second-order valence-electron chi connectivity index (χ2n) is 4.04. The second kappa shape index (κ2) is 5.12. The van der Waals surface area contributed by atoms with E-state index in [1.54, 1.807) is 12.1 Å². The predicted octanol–water partition coefficient (Wildman–Crippen LogP) is 2.99. The Labute approximate surface area is 115 Å². The van der Waals surface area contributed by atoms with E-state index >= 15 is 0 Å². The first-order valence-corrected chi connectivity index (χ1v) is 5.86. The van der Waals surface area contributed by atoms with E-state index in [0.29, 0.717) is 11.3 Å². The van der Waals surface area contributed by atoms with Crippen LogP contribution in [0.1, 0.15) is 16.7 Å². The molecule has 0 saturated heterocycles. The summed E-state index contributed by atoms with van der Waals surface area (Å²) in [4.78, 5) is 7.71. The fourth-order valence-electron chi connectivity index (χ4n) is 1.75. The number of halogens is 1. The molecule has 1 heterocycles. The van der Waals surface area contributed by atoms with Gasteiger partial charge in [-0.3, -0.25) is 0 Å². The van der Waals surface area contributed by atoms with Crippen LogP contribution in [0.15, 0.2) is 18.2 Å². The van der Waals surface area contributed by atoms with Crippen molar-refractivity contribution in [2.75, 3.05) is 5.73 Å². The van der Waals surface area contributed by atoms with Crippen LogP contribution in [-0.4, -0.2) is 9.97 Å². The maximum absolute atomic E-state index is 8.89. The fourth-order valence-corrected chi connectivity index (χ4v) is 1.93. The lowest BCUT2D eigenvalue weighted by Gasteiger charge is -2.11. The fraction of sp³-hybridized carbons (Fsp3) is 0.154. The van der Waals surface area contributed by atoms with Gasteiger partial charge in [-0.05, 0) is 37.1 Å². The molecule has 0 fully saturated rings. The number of hydrogen-bond acceptors (Lipinski definition) is 5. The summed E-state index contributed by atoms with van der Waals surface area (Å²) >= 11 is 5.79. The van der Waals surface area contributed by atoms with E-state index in [1.165, 1.54) is 6.07 Å². The van der Waals surface area contributed by atoms with E-state index in [2.05, 4.69) is 16.0 Å². The molecule has 1 aromatic carbocycles. The molecule has 0 aliphatic rings. The molecule has 0 aliphatic heterocycles. The largest absolute Gasteiger partial charge is 0.438 e. The Morgan fingerprint density at radius 3 is 2.37 bits per heavy atom. The summed E-state index contributed by atoms with van der Waals surface area (Å²) in [5.74, 6) is 0.952. The minimum Gasteiger partial charge on any atom is -0.438 e. The third-order valence-corrected chi connectivity index (χ3v) is 2.68. The third kappa shape index (κ3) is 2.92. The Bertz CT molecular complexity index is 636. The van der Waals surface area contributed by atoms with Crippen molar-refractivity contribution < 1.29 is 4.74 Å². The molecule has 2 rings (SSSR count). The van der Waals surface area contributed by atoms with Crippen LogP contribution in [0.3, 0.4) is 0 Å². The van der Waals surface area contributed by atoms with Crippen molar-refractivity contribution >= 4 is 17.5 Å². The molecule has 2 aromatic rings. The number of nitriles is 1. The summed E-state index contributed by atoms with van der Waals surface area (Å²) in [7, 11) is 0. The smallest absolute Gasteiger partial charge is 0.225 e. The first-order chi connectivity index (χ1) is 8.99. The number of hydrogen-bond donors (Lipinski definition) is 1. The van der Waals surface area contributed by atoms with Crippen LogP contribution in [0, 0.1) is 25.2 Å². The number of aromatic nitrogens is 2. The summed E-state index contributed by atoms with van der Waals surface area (Å²) in [5, 5.41) is 9.11. The molecule has 0 saturated carbocycles. The summed E-state index contributed by atoms with van der Waals surface area (Å²) in [5.41, 5.74) is 7.77. The Hall–Kier alpha value is -2.32. The monoisotopic (exact) mass is 274 g/mol. The quantitative estimate of drug-likeness (QED) is 0.851. The van der Waals surface area contributed by atoms with Gasteiger partial charge in [-0.1, -0.05) is 11.6 Å². The second-order valence-corrected chi connectivity index (χ2v) is 4.43. The van der Waals surface area contributed by atoms with E-state index in [9.17, 15) is 0 Å². The van der Waals surface area contributed by atoms with Crippen molar-refractivity contribution in [3.8, 4) is 17.7 Å². The molecule has 19 heavy (non-hydrogen) atoms. The molecule has 0 atom stereocenters. The van der Waals surface area contributed by atoms with Gasteiger partial charge >= 0.3 is 0 Å². The van der Waals surface area contributed by atoms with E-state index in [4.69, 9.17) is 27.3 Å². The maximum atomic E-state index is 8.89. The Kier molecular flexibility index (Phi) is 3.54. The molecule has 0 unspecified atom stereocenters. The number of anilines is 1. The zero-order valence-electron chi connectivity index (χ0n) is 10.4. The van der Waals surface area contributed by atoms with Gasteiger partial charge in [0.05, 0.1) is 11.6 Å². The summed E-state index contributed by atoms with van der Waals surface area (Å²) in [6, 6.07) is 7.07. The summed E-state index contributed by atoms with van der Waals surface area (Å²) in [6.07, 6.45) is 0. The van der Waals surface area contributed by atoms with Gasteiger partial charge < -0.3 is 10.5 Å². The molecule has 0 amide bonds. The van der Waals surface area contributed by atoms with Gasteiger partial charge in [-0.25, -0.2) is 4.98 Å². The first-order valence-electron chi connectivity index (χ1n) is 5.49. The highest BCUT2D eigenvalue weighted by atomic mass is 35.5. The SMILES string of the molecule is Cc1cc(C#N)cc(C)c1Oc1cc(Cl)nc(N)n1. The van der Waals surface area contributed by atoms with Crippen molar-refractivity contribution in [3.05, 3.63) is 40.0 Å². The standard InChI is InChI=1S/C13H11ClN4O/c1-7-3-9(6-15)4-8(2)12(7)19-11-5-10(14)17-13(16)18-11/h3-5H,1-2H3,(H2,16,17,18). The Balaban J connectivity index is 2.41. The maximum Gasteiger partial charge on any atom is 0.225 e. The number of benzene rings is 1. The van der Waals surface area contributed by atoms with Gasteiger partial charge in [0.25, 0.3) is 0 Å². The number of ether oxygens (including phenoxy) is 1. The predicted molar refractivity (Wildman–Crippen MR) is 72.2 cm³/mol. The van der Waals surface area contributed by atoms with Crippen molar-refractivity contribution in [1.29, 1.82) is 5.26 Å². The van der Waals surface area contributed by atoms with Gasteiger partial charge in [-0.15, -0.1) is 0 Å². The number of nitrogens with zero attached hydrogens (tertiary/aromatic N) is 3. The molecule has 0 radical (unpaired) electrons. The zero-order valence-corrected chi connectivity index (χ0v) is 11.2. The Morgan fingerprint density at radius 1 is 1.21 bits per heavy atom. The van der Waals surface area contributed by atoms with Crippen molar-refractivity contribution in [2.45, 2.75) is 13.8 Å². The van der Waals surface area contributed by atoms with Gasteiger partial charge in [-0.2, -0.15) is 10.2 Å². The molecule has 0 aliphatic carbocycles. The lowest BCUT2D eigenvalue weighted by molar-refractivity contribution is 0.455. The minimum absolute atomic E-state index is 0.0476. The molecular formula is C13H11ClN4O.